The van der Waals surface area contributed by atoms with Crippen molar-refractivity contribution in [3.05, 3.63) is 24.0 Å². The lowest BCUT2D eigenvalue weighted by atomic mass is 10.3. The van der Waals surface area contributed by atoms with Crippen LogP contribution >= 0.6 is 11.8 Å². The molecule has 1 aromatic carbocycles. The first-order chi connectivity index (χ1) is 9.20. The zero-order valence-electron chi connectivity index (χ0n) is 10.7. The fourth-order valence-electron chi connectivity index (χ4n) is 1.83. The summed E-state index contributed by atoms with van der Waals surface area (Å²) in [5.74, 6) is 0.515. The lowest BCUT2D eigenvalue weighted by Crippen LogP contribution is -2.35. The van der Waals surface area contributed by atoms with Crippen LogP contribution in [-0.4, -0.2) is 40.6 Å². The van der Waals surface area contributed by atoms with Crippen LogP contribution in [-0.2, 0) is 19.9 Å². The van der Waals surface area contributed by atoms with Crippen molar-refractivity contribution in [2.75, 3.05) is 17.8 Å². The topological polar surface area (TPSA) is 80.3 Å². The summed E-state index contributed by atoms with van der Waals surface area (Å²) in [4.78, 5) is -0.850. The highest BCUT2D eigenvalue weighted by atomic mass is 32.2. The first-order valence-electron chi connectivity index (χ1n) is 5.80. The molecule has 1 aliphatic rings. The molecule has 0 aliphatic carbocycles. The van der Waals surface area contributed by atoms with Crippen LogP contribution in [0, 0.1) is 5.82 Å². The van der Waals surface area contributed by atoms with Crippen LogP contribution in [0.5, 0.6) is 0 Å². The van der Waals surface area contributed by atoms with E-state index in [1.54, 1.807) is 11.8 Å². The number of halogens is 1. The van der Waals surface area contributed by atoms with E-state index >= 15 is 0 Å². The Hall–Kier alpha value is -0.640. The van der Waals surface area contributed by atoms with E-state index in [1.165, 1.54) is 0 Å². The molecule has 0 amide bonds. The molecular weight excluding hydrogens is 325 g/mol. The van der Waals surface area contributed by atoms with Crippen molar-refractivity contribution in [1.82, 2.24) is 4.72 Å². The van der Waals surface area contributed by atoms with Crippen LogP contribution < -0.4 is 4.72 Å². The van der Waals surface area contributed by atoms with Crippen LogP contribution in [0.3, 0.4) is 0 Å². The molecule has 0 aromatic heterocycles. The first kappa shape index (κ1) is 15.7. The predicted octanol–water partition coefficient (Wildman–Crippen LogP) is 1.01. The standard InChI is InChI=1S/C11H14FNO4S3/c1-19(14,15)9-2-3-10(12)11(6-9)20(16,17)13-8-4-5-18-7-8/h2-3,6,8,13H,4-5,7H2,1H3. The van der Waals surface area contributed by atoms with Crippen LogP contribution in [0.2, 0.25) is 0 Å². The second-order valence-electron chi connectivity index (χ2n) is 4.55. The molecule has 5 nitrogen and oxygen atoms in total. The average molecular weight is 339 g/mol. The Morgan fingerprint density at radius 3 is 2.55 bits per heavy atom. The molecule has 0 saturated carbocycles. The number of sulfone groups is 1. The molecule has 1 aliphatic heterocycles. The zero-order valence-corrected chi connectivity index (χ0v) is 13.1. The van der Waals surface area contributed by atoms with Gasteiger partial charge in [-0.3, -0.25) is 0 Å². The van der Waals surface area contributed by atoms with Gasteiger partial charge in [0.25, 0.3) is 0 Å². The Morgan fingerprint density at radius 2 is 2.00 bits per heavy atom. The molecule has 1 heterocycles. The predicted molar refractivity (Wildman–Crippen MR) is 75.6 cm³/mol. The number of hydrogen-bond donors (Lipinski definition) is 1. The van der Waals surface area contributed by atoms with Gasteiger partial charge in [0.15, 0.2) is 9.84 Å². The summed E-state index contributed by atoms with van der Waals surface area (Å²) in [6, 6.07) is 2.52. The third kappa shape index (κ3) is 3.51. The van der Waals surface area contributed by atoms with Gasteiger partial charge in [-0.2, -0.15) is 11.8 Å². The molecule has 1 N–H and O–H groups in total. The molecule has 2 rings (SSSR count). The Kier molecular flexibility index (Phi) is 4.43. The molecule has 20 heavy (non-hydrogen) atoms. The van der Waals surface area contributed by atoms with Crippen molar-refractivity contribution in [3.8, 4) is 0 Å². The van der Waals surface area contributed by atoms with Gasteiger partial charge in [0, 0.05) is 18.1 Å². The van der Waals surface area contributed by atoms with Crippen molar-refractivity contribution < 1.29 is 21.2 Å². The van der Waals surface area contributed by atoms with E-state index in [1.807, 2.05) is 0 Å². The maximum Gasteiger partial charge on any atom is 0.243 e. The highest BCUT2D eigenvalue weighted by Crippen LogP contribution is 2.23. The Morgan fingerprint density at radius 1 is 1.30 bits per heavy atom. The van der Waals surface area contributed by atoms with Crippen molar-refractivity contribution in [3.63, 3.8) is 0 Å². The number of benzene rings is 1. The van der Waals surface area contributed by atoms with Crippen molar-refractivity contribution in [2.45, 2.75) is 22.3 Å². The molecule has 1 saturated heterocycles. The van der Waals surface area contributed by atoms with E-state index in [0.29, 0.717) is 12.2 Å². The smallest absolute Gasteiger partial charge is 0.224 e. The lowest BCUT2D eigenvalue weighted by Gasteiger charge is -2.13. The van der Waals surface area contributed by atoms with E-state index in [0.717, 1.165) is 30.2 Å². The van der Waals surface area contributed by atoms with Crippen LogP contribution in [0.4, 0.5) is 4.39 Å². The monoisotopic (exact) mass is 339 g/mol. The fourth-order valence-corrected chi connectivity index (χ4v) is 5.18. The summed E-state index contributed by atoms with van der Waals surface area (Å²) >= 11 is 1.61. The minimum Gasteiger partial charge on any atom is -0.224 e. The van der Waals surface area contributed by atoms with Crippen LogP contribution in [0.1, 0.15) is 6.42 Å². The molecule has 1 fully saturated rings. The van der Waals surface area contributed by atoms with Gasteiger partial charge in [-0.15, -0.1) is 0 Å². The zero-order chi connectivity index (χ0) is 15.0. The minimum absolute atomic E-state index is 0.222. The highest BCUT2D eigenvalue weighted by Gasteiger charge is 2.26. The lowest BCUT2D eigenvalue weighted by molar-refractivity contribution is 0.543. The van der Waals surface area contributed by atoms with Crippen molar-refractivity contribution in [1.29, 1.82) is 0 Å². The third-order valence-electron chi connectivity index (χ3n) is 2.87. The van der Waals surface area contributed by atoms with E-state index in [9.17, 15) is 21.2 Å². The number of hydrogen-bond acceptors (Lipinski definition) is 5. The van der Waals surface area contributed by atoms with Gasteiger partial charge in [-0.05, 0) is 30.4 Å². The number of thioether (sulfide) groups is 1. The third-order valence-corrected chi connectivity index (χ3v) is 6.68. The molecule has 112 valence electrons. The largest absolute Gasteiger partial charge is 0.243 e. The molecule has 0 spiro atoms. The second kappa shape index (κ2) is 5.63. The average Bonchev–Trinajstić information content (AvgIpc) is 2.79. The summed E-state index contributed by atoms with van der Waals surface area (Å²) < 4.78 is 63.2. The number of rotatable bonds is 4. The van der Waals surface area contributed by atoms with E-state index < -0.39 is 30.6 Å². The summed E-state index contributed by atoms with van der Waals surface area (Å²) in [6.45, 7) is 0. The van der Waals surface area contributed by atoms with Gasteiger partial charge in [0.05, 0.1) is 4.90 Å². The molecule has 1 aromatic rings. The molecule has 1 atom stereocenters. The van der Waals surface area contributed by atoms with Crippen molar-refractivity contribution in [2.24, 2.45) is 0 Å². The normalized spacial score (nSPS) is 20.2. The molecule has 1 unspecified atom stereocenters. The van der Waals surface area contributed by atoms with Gasteiger partial charge in [0.2, 0.25) is 10.0 Å². The summed E-state index contributed by atoms with van der Waals surface area (Å²) in [6.07, 6.45) is 1.62. The highest BCUT2D eigenvalue weighted by molar-refractivity contribution is 7.99. The van der Waals surface area contributed by atoms with Gasteiger partial charge in [-0.25, -0.2) is 25.9 Å². The molecule has 0 bridgehead atoms. The molecular formula is C11H14FNO4S3. The van der Waals surface area contributed by atoms with Crippen molar-refractivity contribution >= 4 is 31.6 Å². The molecule has 0 radical (unpaired) electrons. The molecule has 9 heteroatoms. The van der Waals surface area contributed by atoms with E-state index in [-0.39, 0.29) is 10.9 Å². The van der Waals surface area contributed by atoms with Gasteiger partial charge >= 0.3 is 0 Å². The fraction of sp³-hybridized carbons (Fsp3) is 0.455. The maximum absolute atomic E-state index is 13.7. The minimum atomic E-state index is -4.06. The van der Waals surface area contributed by atoms with E-state index in [2.05, 4.69) is 4.72 Å². The summed E-state index contributed by atoms with van der Waals surface area (Å²) in [7, 11) is -7.65. The second-order valence-corrected chi connectivity index (χ2v) is 9.39. The number of nitrogens with one attached hydrogen (secondary N) is 1. The summed E-state index contributed by atoms with van der Waals surface area (Å²) in [5.41, 5.74) is 0. The van der Waals surface area contributed by atoms with Crippen LogP contribution in [0.15, 0.2) is 28.0 Å². The Balaban J connectivity index is 2.40. The SMILES string of the molecule is CS(=O)(=O)c1ccc(F)c(S(=O)(=O)NC2CCSC2)c1. The Bertz CT molecular complexity index is 709. The van der Waals surface area contributed by atoms with Gasteiger partial charge < -0.3 is 0 Å². The van der Waals surface area contributed by atoms with Crippen LogP contribution in [0.25, 0.3) is 0 Å². The first-order valence-corrected chi connectivity index (χ1v) is 10.3. The summed E-state index contributed by atoms with van der Waals surface area (Å²) in [5, 5.41) is 0. The van der Waals surface area contributed by atoms with Gasteiger partial charge in [0.1, 0.15) is 10.7 Å². The maximum atomic E-state index is 13.7. The van der Waals surface area contributed by atoms with E-state index in [4.69, 9.17) is 0 Å². The Labute approximate surface area is 121 Å². The number of sulfonamides is 1. The van der Waals surface area contributed by atoms with Gasteiger partial charge in [-0.1, -0.05) is 0 Å². The quantitative estimate of drug-likeness (QED) is 0.828.